The Bertz CT molecular complexity index is 596. The molecule has 0 N–H and O–H groups in total. The first-order chi connectivity index (χ1) is 9.76. The molecule has 0 heterocycles. The van der Waals surface area contributed by atoms with Crippen LogP contribution in [0.25, 0.3) is 0 Å². The smallest absolute Gasteiger partial charge is 0.188 e. The van der Waals surface area contributed by atoms with Crippen LogP contribution in [0.15, 0.2) is 42.5 Å². The molecule has 0 saturated carbocycles. The Kier molecular flexibility index (Phi) is 5.28. The fraction of sp³-hybridized carbons (Fsp3) is 0.188. The number of carbonyl (C=O) groups excluding carboxylic acids is 1. The maximum Gasteiger partial charge on any atom is 0.188 e. The van der Waals surface area contributed by atoms with Gasteiger partial charge in [0.25, 0.3) is 0 Å². The Labute approximate surface area is 120 Å². The van der Waals surface area contributed by atoms with Gasteiger partial charge in [-0.15, -0.1) is 0 Å². The summed E-state index contributed by atoms with van der Waals surface area (Å²) in [4.78, 5) is 11.1. The van der Waals surface area contributed by atoms with Crippen LogP contribution in [-0.4, -0.2) is 20.2 Å². The number of ether oxygens (including phenoxy) is 2. The minimum atomic E-state index is 0.220. The Morgan fingerprint density at radius 1 is 1.10 bits per heavy atom. The van der Waals surface area contributed by atoms with Gasteiger partial charge in [-0.05, 0) is 17.8 Å². The second kappa shape index (κ2) is 7.18. The molecule has 3 nitrogen and oxygen atoms in total. The Hall–Kier alpha value is -1.70. The fourth-order valence-corrected chi connectivity index (χ4v) is 3.24. The Balaban J connectivity index is 2.33. The van der Waals surface area contributed by atoms with Crippen molar-refractivity contribution < 1.29 is 14.3 Å². The van der Waals surface area contributed by atoms with Gasteiger partial charge in [0.05, 0.1) is 0 Å². The maximum absolute atomic E-state index is 11.1. The molecule has 104 valence electrons. The number of hydrogen-bond donors (Lipinski definition) is 0. The van der Waals surface area contributed by atoms with Gasteiger partial charge in [-0.3, -0.25) is 4.79 Å². The summed E-state index contributed by atoms with van der Waals surface area (Å²) in [5.74, 6) is 0.841. The Morgan fingerprint density at radius 2 is 1.85 bits per heavy atom. The van der Waals surface area contributed by atoms with Crippen molar-refractivity contribution in [3.8, 4) is 5.75 Å². The predicted octanol–water partition coefficient (Wildman–Crippen LogP) is 2.42. The van der Waals surface area contributed by atoms with Gasteiger partial charge < -0.3 is 9.47 Å². The first-order valence-electron chi connectivity index (χ1n) is 6.29. The number of aryl methyl sites for hydroxylation is 1. The molecule has 2 aromatic carbocycles. The van der Waals surface area contributed by atoms with E-state index in [4.69, 9.17) is 9.47 Å². The van der Waals surface area contributed by atoms with Crippen LogP contribution in [0.4, 0.5) is 0 Å². The fourth-order valence-electron chi connectivity index (χ4n) is 1.92. The average molecular weight is 288 g/mol. The van der Waals surface area contributed by atoms with E-state index >= 15 is 0 Å². The lowest BCUT2D eigenvalue weighted by Gasteiger charge is -2.14. The molecule has 2 aromatic rings. The monoisotopic (exact) mass is 288 g/mol. The van der Waals surface area contributed by atoms with E-state index in [-0.39, 0.29) is 6.79 Å². The second-order valence-corrected chi connectivity index (χ2v) is 5.66. The van der Waals surface area contributed by atoms with Crippen molar-refractivity contribution in [1.29, 1.82) is 0 Å². The van der Waals surface area contributed by atoms with Crippen molar-refractivity contribution in [2.24, 2.45) is 0 Å². The number of para-hydroxylation sites is 1. The minimum absolute atomic E-state index is 0.220. The highest BCUT2D eigenvalue weighted by molar-refractivity contribution is 7.56. The van der Waals surface area contributed by atoms with Crippen molar-refractivity contribution in [1.82, 2.24) is 0 Å². The van der Waals surface area contributed by atoms with E-state index < -0.39 is 0 Å². The topological polar surface area (TPSA) is 35.5 Å². The molecule has 2 rings (SSSR count). The zero-order valence-electron chi connectivity index (χ0n) is 11.6. The molecule has 0 amide bonds. The quantitative estimate of drug-likeness (QED) is 0.465. The number of methoxy groups -OCH3 is 1. The molecule has 0 aromatic heterocycles. The number of aldehydes is 1. The predicted molar refractivity (Wildman–Crippen MR) is 83.1 cm³/mol. The summed E-state index contributed by atoms with van der Waals surface area (Å²) < 4.78 is 10.6. The molecule has 0 saturated heterocycles. The second-order valence-electron chi connectivity index (χ2n) is 4.33. The summed E-state index contributed by atoms with van der Waals surface area (Å²) in [7, 11) is 1.98. The molecule has 0 aliphatic rings. The summed E-state index contributed by atoms with van der Waals surface area (Å²) in [6.07, 6.45) is 0.897. The van der Waals surface area contributed by atoms with Crippen molar-refractivity contribution in [3.05, 3.63) is 53.6 Å². The molecule has 0 radical (unpaired) electrons. The number of rotatable bonds is 6. The molecule has 1 atom stereocenters. The van der Waals surface area contributed by atoms with E-state index in [1.807, 2.05) is 49.4 Å². The third-order valence-corrected chi connectivity index (χ3v) is 4.28. The highest BCUT2D eigenvalue weighted by atomic mass is 31.1. The molecule has 4 heteroatoms. The van der Waals surface area contributed by atoms with E-state index in [2.05, 4.69) is 0 Å². The van der Waals surface area contributed by atoms with Crippen LogP contribution >= 0.6 is 8.58 Å². The van der Waals surface area contributed by atoms with Gasteiger partial charge in [-0.25, -0.2) is 0 Å². The van der Waals surface area contributed by atoms with Crippen LogP contribution in [-0.2, 0) is 4.74 Å². The molecule has 20 heavy (non-hydrogen) atoms. The number of carbonyl (C=O) groups is 1. The van der Waals surface area contributed by atoms with E-state index in [1.165, 1.54) is 0 Å². The van der Waals surface area contributed by atoms with E-state index in [1.54, 1.807) is 7.11 Å². The maximum atomic E-state index is 11.1. The van der Waals surface area contributed by atoms with Gasteiger partial charge in [0.2, 0.25) is 0 Å². The largest absolute Gasteiger partial charge is 0.467 e. The lowest BCUT2D eigenvalue weighted by Crippen LogP contribution is -2.13. The first kappa shape index (κ1) is 14.7. The van der Waals surface area contributed by atoms with Gasteiger partial charge in [0.1, 0.15) is 5.75 Å². The van der Waals surface area contributed by atoms with Gasteiger partial charge >= 0.3 is 0 Å². The first-order valence-corrected chi connectivity index (χ1v) is 7.29. The average Bonchev–Trinajstić information content (AvgIpc) is 2.47. The van der Waals surface area contributed by atoms with E-state index in [9.17, 15) is 4.79 Å². The van der Waals surface area contributed by atoms with Crippen LogP contribution in [0, 0.1) is 6.92 Å². The van der Waals surface area contributed by atoms with Crippen molar-refractivity contribution in [3.63, 3.8) is 0 Å². The zero-order valence-corrected chi connectivity index (χ0v) is 12.6. The summed E-state index contributed by atoms with van der Waals surface area (Å²) in [6, 6.07) is 13.7. The molecule has 0 aliphatic heterocycles. The number of benzene rings is 2. The Morgan fingerprint density at radius 3 is 2.60 bits per heavy atom. The van der Waals surface area contributed by atoms with E-state index in [0.29, 0.717) is 8.58 Å². The van der Waals surface area contributed by atoms with Gasteiger partial charge in [0, 0.05) is 18.0 Å². The molecule has 0 fully saturated rings. The normalized spacial score (nSPS) is 10.9. The van der Waals surface area contributed by atoms with Crippen LogP contribution in [0.3, 0.4) is 0 Å². The minimum Gasteiger partial charge on any atom is -0.467 e. The molecular formula is C16H17O3P. The van der Waals surface area contributed by atoms with E-state index in [0.717, 1.165) is 33.8 Å². The third kappa shape index (κ3) is 3.44. The molecular weight excluding hydrogens is 271 g/mol. The lowest BCUT2D eigenvalue weighted by atomic mass is 10.2. The molecule has 1 unspecified atom stereocenters. The van der Waals surface area contributed by atoms with Gasteiger partial charge in [-0.1, -0.05) is 51.0 Å². The summed E-state index contributed by atoms with van der Waals surface area (Å²) >= 11 is 0. The highest BCUT2D eigenvalue weighted by Gasteiger charge is 2.09. The van der Waals surface area contributed by atoms with Crippen molar-refractivity contribution in [2.45, 2.75) is 6.92 Å². The molecule has 0 aliphatic carbocycles. The summed E-state index contributed by atoms with van der Waals surface area (Å²) in [5, 5.41) is 2.10. The van der Waals surface area contributed by atoms with Crippen molar-refractivity contribution >= 4 is 25.5 Å². The third-order valence-electron chi connectivity index (χ3n) is 2.89. The van der Waals surface area contributed by atoms with Crippen LogP contribution in [0.5, 0.6) is 5.75 Å². The summed E-state index contributed by atoms with van der Waals surface area (Å²) in [6.45, 7) is 2.22. The van der Waals surface area contributed by atoms with Gasteiger partial charge in [-0.2, -0.15) is 0 Å². The van der Waals surface area contributed by atoms with Gasteiger partial charge in [0.15, 0.2) is 13.1 Å². The SMILES string of the molecule is COCOc1c(C)cccc1Pc1ccccc1C=O. The lowest BCUT2D eigenvalue weighted by molar-refractivity contribution is 0.0514. The standard InChI is InChI=1S/C16H17O3P/c1-12-6-5-9-15(16(12)19-11-18-2)20-14-8-4-3-7-13(14)10-17/h3-10,20H,11H2,1-2H3. The molecule has 0 bridgehead atoms. The van der Waals surface area contributed by atoms with Crippen molar-refractivity contribution in [2.75, 3.05) is 13.9 Å². The van der Waals surface area contributed by atoms with Crippen LogP contribution in [0.1, 0.15) is 15.9 Å². The molecule has 0 spiro atoms. The van der Waals surface area contributed by atoms with Crippen LogP contribution in [0.2, 0.25) is 0 Å². The highest BCUT2D eigenvalue weighted by Crippen LogP contribution is 2.24. The van der Waals surface area contributed by atoms with Crippen LogP contribution < -0.4 is 15.3 Å². The zero-order chi connectivity index (χ0) is 14.4. The summed E-state index contributed by atoms with van der Waals surface area (Å²) in [5.41, 5.74) is 1.79. The number of hydrogen-bond acceptors (Lipinski definition) is 3.